The number of phenols is 1. The molecule has 1 fully saturated rings. The van der Waals surface area contributed by atoms with Gasteiger partial charge in [0, 0.05) is 13.1 Å². The van der Waals surface area contributed by atoms with E-state index in [4.69, 9.17) is 16.3 Å². The molecule has 0 amide bonds. The maximum Gasteiger partial charge on any atom is 0.176 e. The van der Waals surface area contributed by atoms with Gasteiger partial charge in [-0.15, -0.1) is 0 Å². The van der Waals surface area contributed by atoms with E-state index >= 15 is 0 Å². The van der Waals surface area contributed by atoms with E-state index in [-0.39, 0.29) is 10.8 Å². The third-order valence-corrected chi connectivity index (χ3v) is 3.26. The van der Waals surface area contributed by atoms with Gasteiger partial charge < -0.3 is 9.84 Å². The summed E-state index contributed by atoms with van der Waals surface area (Å²) in [7, 11) is 1.50. The normalized spacial score (nSPS) is 16.2. The Labute approximate surface area is 112 Å². The fourth-order valence-electron chi connectivity index (χ4n) is 1.96. The number of halogens is 1. The van der Waals surface area contributed by atoms with E-state index in [2.05, 4.69) is 10.1 Å². The summed E-state index contributed by atoms with van der Waals surface area (Å²) in [5.74, 6) is 0.330. The standard InChI is InChI=1S/C13H17ClN2O2/c1-18-12-8-10(7-11(14)13(12)17)9-15-16-5-3-2-4-6-16/h7-9,17H,2-6H2,1H3/b15-9+. The number of hydrazone groups is 1. The summed E-state index contributed by atoms with van der Waals surface area (Å²) in [5.41, 5.74) is 0.820. The van der Waals surface area contributed by atoms with Crippen LogP contribution in [-0.4, -0.2) is 36.5 Å². The van der Waals surface area contributed by atoms with Crippen molar-refractivity contribution in [2.24, 2.45) is 5.10 Å². The van der Waals surface area contributed by atoms with E-state index < -0.39 is 0 Å². The van der Waals surface area contributed by atoms with Crippen molar-refractivity contribution >= 4 is 17.8 Å². The largest absolute Gasteiger partial charge is 0.503 e. The van der Waals surface area contributed by atoms with E-state index in [1.165, 1.54) is 26.4 Å². The van der Waals surface area contributed by atoms with Crippen LogP contribution >= 0.6 is 11.6 Å². The van der Waals surface area contributed by atoms with Crippen LogP contribution in [0.4, 0.5) is 0 Å². The molecule has 1 N–H and O–H groups in total. The van der Waals surface area contributed by atoms with Crippen LogP contribution in [0.2, 0.25) is 5.02 Å². The highest BCUT2D eigenvalue weighted by atomic mass is 35.5. The molecule has 1 aromatic carbocycles. The van der Waals surface area contributed by atoms with Crippen molar-refractivity contribution in [2.45, 2.75) is 19.3 Å². The molecule has 0 radical (unpaired) electrons. The lowest BCUT2D eigenvalue weighted by atomic mass is 10.2. The number of hydrogen-bond donors (Lipinski definition) is 1. The number of nitrogens with zero attached hydrogens (tertiary/aromatic N) is 2. The minimum absolute atomic E-state index is 0.0331. The fourth-order valence-corrected chi connectivity index (χ4v) is 2.18. The summed E-state index contributed by atoms with van der Waals surface area (Å²) in [6.45, 7) is 2.00. The summed E-state index contributed by atoms with van der Waals surface area (Å²) in [4.78, 5) is 0. The molecule has 1 aliphatic rings. The quantitative estimate of drug-likeness (QED) is 0.858. The first kappa shape index (κ1) is 13.0. The maximum atomic E-state index is 9.63. The minimum Gasteiger partial charge on any atom is -0.503 e. The summed E-state index contributed by atoms with van der Waals surface area (Å²) in [6.07, 6.45) is 5.41. The first-order valence-electron chi connectivity index (χ1n) is 6.06. The molecular formula is C13H17ClN2O2. The number of hydrogen-bond acceptors (Lipinski definition) is 4. The summed E-state index contributed by atoms with van der Waals surface area (Å²) in [6, 6.07) is 3.39. The Bertz CT molecular complexity index is 443. The highest BCUT2D eigenvalue weighted by Gasteiger charge is 2.09. The molecular weight excluding hydrogens is 252 g/mol. The smallest absolute Gasteiger partial charge is 0.176 e. The van der Waals surface area contributed by atoms with Crippen molar-refractivity contribution in [2.75, 3.05) is 20.2 Å². The molecule has 0 unspecified atom stereocenters. The molecule has 1 saturated heterocycles. The van der Waals surface area contributed by atoms with E-state index in [1.54, 1.807) is 18.3 Å². The lowest BCUT2D eigenvalue weighted by Gasteiger charge is -2.23. The van der Waals surface area contributed by atoms with Crippen molar-refractivity contribution in [3.05, 3.63) is 22.7 Å². The monoisotopic (exact) mass is 268 g/mol. The van der Waals surface area contributed by atoms with Crippen LogP contribution in [0.1, 0.15) is 24.8 Å². The molecule has 2 rings (SSSR count). The summed E-state index contributed by atoms with van der Waals surface area (Å²) < 4.78 is 5.05. The number of methoxy groups -OCH3 is 1. The Morgan fingerprint density at radius 3 is 2.72 bits per heavy atom. The fraction of sp³-hybridized carbons (Fsp3) is 0.462. The van der Waals surface area contributed by atoms with Gasteiger partial charge >= 0.3 is 0 Å². The van der Waals surface area contributed by atoms with E-state index in [1.807, 2.05) is 0 Å². The van der Waals surface area contributed by atoms with E-state index in [0.29, 0.717) is 5.75 Å². The van der Waals surface area contributed by atoms with Gasteiger partial charge in [-0.1, -0.05) is 11.6 Å². The molecule has 5 heteroatoms. The molecule has 0 atom stereocenters. The Morgan fingerprint density at radius 1 is 1.33 bits per heavy atom. The molecule has 0 saturated carbocycles. The average molecular weight is 269 g/mol. The molecule has 98 valence electrons. The molecule has 18 heavy (non-hydrogen) atoms. The second-order valence-electron chi connectivity index (χ2n) is 4.31. The molecule has 0 aliphatic carbocycles. The number of piperidine rings is 1. The number of phenolic OH excluding ortho intramolecular Hbond substituents is 1. The van der Waals surface area contributed by atoms with Crippen molar-refractivity contribution in [1.29, 1.82) is 0 Å². The SMILES string of the molecule is COc1cc(/C=N/N2CCCCC2)cc(Cl)c1O. The zero-order valence-corrected chi connectivity index (χ0v) is 11.2. The van der Waals surface area contributed by atoms with Crippen LogP contribution in [0.3, 0.4) is 0 Å². The highest BCUT2D eigenvalue weighted by Crippen LogP contribution is 2.34. The Balaban J connectivity index is 2.13. The lowest BCUT2D eigenvalue weighted by Crippen LogP contribution is -2.24. The van der Waals surface area contributed by atoms with Crippen LogP contribution < -0.4 is 4.74 Å². The summed E-state index contributed by atoms with van der Waals surface area (Å²) >= 11 is 5.91. The van der Waals surface area contributed by atoms with Crippen LogP contribution in [0.25, 0.3) is 0 Å². The number of aromatic hydroxyl groups is 1. The van der Waals surface area contributed by atoms with Gasteiger partial charge in [0.2, 0.25) is 0 Å². The average Bonchev–Trinajstić information content (AvgIpc) is 2.41. The van der Waals surface area contributed by atoms with Gasteiger partial charge in [-0.25, -0.2) is 0 Å². The van der Waals surface area contributed by atoms with Crippen molar-refractivity contribution in [1.82, 2.24) is 5.01 Å². The predicted molar refractivity (Wildman–Crippen MR) is 72.7 cm³/mol. The van der Waals surface area contributed by atoms with Gasteiger partial charge in [-0.3, -0.25) is 5.01 Å². The number of ether oxygens (including phenoxy) is 1. The lowest BCUT2D eigenvalue weighted by molar-refractivity contribution is 0.240. The Kier molecular flexibility index (Phi) is 4.31. The molecule has 0 spiro atoms. The van der Waals surface area contributed by atoms with Gasteiger partial charge in [-0.2, -0.15) is 5.10 Å². The van der Waals surface area contributed by atoms with Gasteiger partial charge in [-0.05, 0) is 37.0 Å². The number of benzene rings is 1. The second kappa shape index (κ2) is 5.96. The van der Waals surface area contributed by atoms with Gasteiger partial charge in [0.1, 0.15) is 0 Å². The van der Waals surface area contributed by atoms with Crippen molar-refractivity contribution in [3.8, 4) is 11.5 Å². The zero-order chi connectivity index (χ0) is 13.0. The van der Waals surface area contributed by atoms with Crippen molar-refractivity contribution < 1.29 is 9.84 Å². The van der Waals surface area contributed by atoms with Gasteiger partial charge in [0.25, 0.3) is 0 Å². The highest BCUT2D eigenvalue weighted by molar-refractivity contribution is 6.32. The molecule has 1 aliphatic heterocycles. The first-order chi connectivity index (χ1) is 8.70. The van der Waals surface area contributed by atoms with Gasteiger partial charge in [0.15, 0.2) is 11.5 Å². The first-order valence-corrected chi connectivity index (χ1v) is 6.44. The molecule has 0 bridgehead atoms. The van der Waals surface area contributed by atoms with Crippen molar-refractivity contribution in [3.63, 3.8) is 0 Å². The number of rotatable bonds is 3. The predicted octanol–water partition coefficient (Wildman–Crippen LogP) is 2.87. The molecule has 1 heterocycles. The second-order valence-corrected chi connectivity index (χ2v) is 4.72. The van der Waals surface area contributed by atoms with Crippen LogP contribution in [0.15, 0.2) is 17.2 Å². The minimum atomic E-state index is -0.0331. The molecule has 4 nitrogen and oxygen atoms in total. The Hall–Kier alpha value is -1.42. The molecule has 0 aromatic heterocycles. The topological polar surface area (TPSA) is 45.1 Å². The van der Waals surface area contributed by atoms with Crippen LogP contribution in [0.5, 0.6) is 11.5 Å². The van der Waals surface area contributed by atoms with Crippen LogP contribution in [-0.2, 0) is 0 Å². The summed E-state index contributed by atoms with van der Waals surface area (Å²) in [5, 5.41) is 16.4. The van der Waals surface area contributed by atoms with Crippen LogP contribution in [0, 0.1) is 0 Å². The molecule has 1 aromatic rings. The van der Waals surface area contributed by atoms with E-state index in [0.717, 1.165) is 18.7 Å². The zero-order valence-electron chi connectivity index (χ0n) is 10.4. The third-order valence-electron chi connectivity index (χ3n) is 2.97. The van der Waals surface area contributed by atoms with Gasteiger partial charge in [0.05, 0.1) is 18.3 Å². The Morgan fingerprint density at radius 2 is 2.06 bits per heavy atom. The maximum absolute atomic E-state index is 9.63. The third kappa shape index (κ3) is 3.07. The van der Waals surface area contributed by atoms with E-state index in [9.17, 15) is 5.11 Å².